The van der Waals surface area contributed by atoms with Crippen LogP contribution in [0.5, 0.6) is 11.8 Å². The maximum absolute atomic E-state index is 5.69. The molecule has 1 aliphatic rings. The topological polar surface area (TPSA) is 35.3 Å². The Morgan fingerprint density at radius 1 is 1.09 bits per heavy atom. The SMILES string of the molecule is [CH](CCc1ccc(Oc2nc3ccccc3o2)cc1)C1CC1. The minimum Gasteiger partial charge on any atom is -0.411 e. The molecule has 0 spiro atoms. The van der Waals surface area contributed by atoms with Crippen molar-refractivity contribution in [3.63, 3.8) is 0 Å². The number of para-hydroxylation sites is 2. The van der Waals surface area contributed by atoms with Gasteiger partial charge in [0.15, 0.2) is 5.58 Å². The minimum absolute atomic E-state index is 0.288. The second-order valence-corrected chi connectivity index (χ2v) is 5.81. The number of aryl methyl sites for hydroxylation is 1. The summed E-state index contributed by atoms with van der Waals surface area (Å²) in [6.45, 7) is 0. The lowest BCUT2D eigenvalue weighted by Gasteiger charge is -2.03. The number of hydrogen-bond donors (Lipinski definition) is 0. The number of hydrogen-bond acceptors (Lipinski definition) is 3. The third kappa shape index (κ3) is 3.14. The molecule has 0 bridgehead atoms. The predicted octanol–water partition coefficient (Wildman–Crippen LogP) is 5.17. The van der Waals surface area contributed by atoms with Crippen LogP contribution < -0.4 is 4.74 Å². The number of rotatable bonds is 6. The molecule has 22 heavy (non-hydrogen) atoms. The zero-order chi connectivity index (χ0) is 14.8. The molecule has 1 heterocycles. The Morgan fingerprint density at radius 2 is 1.91 bits per heavy atom. The van der Waals surface area contributed by atoms with Crippen LogP contribution >= 0.6 is 0 Å². The molecular formula is C19H18NO2. The zero-order valence-corrected chi connectivity index (χ0v) is 12.4. The summed E-state index contributed by atoms with van der Waals surface area (Å²) in [4.78, 5) is 4.31. The molecule has 3 heteroatoms. The van der Waals surface area contributed by atoms with Crippen molar-refractivity contribution in [2.75, 3.05) is 0 Å². The lowest BCUT2D eigenvalue weighted by Crippen LogP contribution is -1.89. The van der Waals surface area contributed by atoms with Gasteiger partial charge in [-0.05, 0) is 67.9 Å². The van der Waals surface area contributed by atoms with Gasteiger partial charge in [0, 0.05) is 0 Å². The third-order valence-electron chi connectivity index (χ3n) is 3.96. The molecule has 0 unspecified atom stereocenters. The van der Waals surface area contributed by atoms with E-state index >= 15 is 0 Å². The minimum atomic E-state index is 0.288. The van der Waals surface area contributed by atoms with Gasteiger partial charge in [-0.3, -0.25) is 0 Å². The Bertz CT molecular complexity index is 723. The van der Waals surface area contributed by atoms with Crippen molar-refractivity contribution in [1.82, 2.24) is 4.98 Å². The van der Waals surface area contributed by atoms with Gasteiger partial charge in [-0.2, -0.15) is 4.98 Å². The van der Waals surface area contributed by atoms with Crippen molar-refractivity contribution in [2.24, 2.45) is 5.92 Å². The second-order valence-electron chi connectivity index (χ2n) is 5.81. The number of ether oxygens (including phenoxy) is 1. The van der Waals surface area contributed by atoms with Crippen LogP contribution in [0.15, 0.2) is 52.9 Å². The van der Waals surface area contributed by atoms with Crippen LogP contribution in [0.2, 0.25) is 0 Å². The smallest absolute Gasteiger partial charge is 0.400 e. The summed E-state index contributed by atoms with van der Waals surface area (Å²) in [7, 11) is 0. The van der Waals surface area contributed by atoms with Crippen LogP contribution in [0.3, 0.4) is 0 Å². The van der Waals surface area contributed by atoms with Crippen LogP contribution in [-0.2, 0) is 6.42 Å². The quantitative estimate of drug-likeness (QED) is 0.629. The molecule has 1 saturated carbocycles. The number of oxazole rings is 1. The Balaban J connectivity index is 1.39. The molecule has 3 aromatic rings. The average Bonchev–Trinajstić information content (AvgIpc) is 3.27. The Labute approximate surface area is 129 Å². The highest BCUT2D eigenvalue weighted by Gasteiger charge is 2.20. The Hall–Kier alpha value is -2.29. The number of benzene rings is 2. The molecule has 1 radical (unpaired) electrons. The summed E-state index contributed by atoms with van der Waals surface area (Å²) in [6, 6.07) is 15.8. The van der Waals surface area contributed by atoms with Gasteiger partial charge in [0.2, 0.25) is 0 Å². The predicted molar refractivity (Wildman–Crippen MR) is 85.9 cm³/mol. The molecule has 0 atom stereocenters. The molecule has 0 amide bonds. The largest absolute Gasteiger partial charge is 0.411 e. The number of nitrogens with zero attached hydrogens (tertiary/aromatic N) is 1. The molecule has 3 nitrogen and oxygen atoms in total. The highest BCUT2D eigenvalue weighted by atomic mass is 16.6. The van der Waals surface area contributed by atoms with Gasteiger partial charge in [-0.25, -0.2) is 0 Å². The molecule has 111 valence electrons. The van der Waals surface area contributed by atoms with Crippen molar-refractivity contribution in [2.45, 2.75) is 25.7 Å². The van der Waals surface area contributed by atoms with Gasteiger partial charge in [-0.15, -0.1) is 0 Å². The first kappa shape index (κ1) is 13.4. The fourth-order valence-corrected chi connectivity index (χ4v) is 2.54. The van der Waals surface area contributed by atoms with Crippen molar-refractivity contribution in [1.29, 1.82) is 0 Å². The van der Waals surface area contributed by atoms with Crippen molar-refractivity contribution in [3.05, 3.63) is 60.5 Å². The molecule has 4 rings (SSSR count). The Morgan fingerprint density at radius 3 is 2.68 bits per heavy atom. The van der Waals surface area contributed by atoms with E-state index in [-0.39, 0.29) is 6.08 Å². The lowest BCUT2D eigenvalue weighted by atomic mass is 10.1. The third-order valence-corrected chi connectivity index (χ3v) is 3.96. The summed E-state index contributed by atoms with van der Waals surface area (Å²) in [6.07, 6.45) is 7.77. The van der Waals surface area contributed by atoms with Crippen LogP contribution in [0.25, 0.3) is 11.1 Å². The first-order valence-corrected chi connectivity index (χ1v) is 7.82. The molecule has 0 aliphatic heterocycles. The van der Waals surface area contributed by atoms with E-state index in [2.05, 4.69) is 23.5 Å². The molecule has 0 N–H and O–H groups in total. The molecule has 1 aromatic heterocycles. The summed E-state index contributed by atoms with van der Waals surface area (Å²) in [5, 5.41) is 0. The standard InChI is InChI=1S/C19H18NO2/c1-2-7-18-17(6-1)20-19(22-18)21-16-12-10-15(11-13-16)5-3-4-14-8-9-14/h1-2,4,6-7,10-14H,3,5,8-9H2. The molecule has 2 aromatic carbocycles. The normalized spacial score (nSPS) is 14.4. The van der Waals surface area contributed by atoms with Gasteiger partial charge in [0.05, 0.1) is 0 Å². The maximum atomic E-state index is 5.69. The highest BCUT2D eigenvalue weighted by molar-refractivity contribution is 5.72. The van der Waals surface area contributed by atoms with E-state index in [9.17, 15) is 0 Å². The molecule has 0 saturated heterocycles. The van der Waals surface area contributed by atoms with Gasteiger partial charge in [0.1, 0.15) is 11.3 Å². The Kier molecular flexibility index (Phi) is 3.55. The van der Waals surface area contributed by atoms with Gasteiger partial charge >= 0.3 is 6.08 Å². The average molecular weight is 292 g/mol. The summed E-state index contributed by atoms with van der Waals surface area (Å²) in [5.41, 5.74) is 2.89. The van der Waals surface area contributed by atoms with E-state index in [1.807, 2.05) is 36.4 Å². The monoisotopic (exact) mass is 292 g/mol. The maximum Gasteiger partial charge on any atom is 0.400 e. The first-order valence-electron chi connectivity index (χ1n) is 7.82. The molecular weight excluding hydrogens is 274 g/mol. The van der Waals surface area contributed by atoms with Crippen molar-refractivity contribution >= 4 is 11.1 Å². The van der Waals surface area contributed by atoms with Gasteiger partial charge in [0.25, 0.3) is 0 Å². The van der Waals surface area contributed by atoms with Crippen LogP contribution in [0, 0.1) is 12.3 Å². The van der Waals surface area contributed by atoms with E-state index in [1.54, 1.807) is 0 Å². The van der Waals surface area contributed by atoms with E-state index < -0.39 is 0 Å². The van der Waals surface area contributed by atoms with E-state index in [4.69, 9.17) is 9.15 Å². The fourth-order valence-electron chi connectivity index (χ4n) is 2.54. The summed E-state index contributed by atoms with van der Waals surface area (Å²) in [5.74, 6) is 1.64. The second kappa shape index (κ2) is 5.84. The van der Waals surface area contributed by atoms with Gasteiger partial charge < -0.3 is 9.15 Å². The summed E-state index contributed by atoms with van der Waals surface area (Å²) < 4.78 is 11.2. The van der Waals surface area contributed by atoms with Crippen molar-refractivity contribution < 1.29 is 9.15 Å². The van der Waals surface area contributed by atoms with Crippen molar-refractivity contribution in [3.8, 4) is 11.8 Å². The van der Waals surface area contributed by atoms with Gasteiger partial charge in [-0.1, -0.05) is 24.3 Å². The van der Waals surface area contributed by atoms with Crippen LogP contribution in [0.1, 0.15) is 24.8 Å². The fraction of sp³-hybridized carbons (Fsp3) is 0.263. The molecule has 1 aliphatic carbocycles. The van der Waals surface area contributed by atoms with Crippen LogP contribution in [0.4, 0.5) is 0 Å². The zero-order valence-electron chi connectivity index (χ0n) is 12.4. The number of aromatic nitrogens is 1. The highest BCUT2D eigenvalue weighted by Crippen LogP contribution is 2.33. The first-order chi connectivity index (χ1) is 10.9. The molecule has 1 fully saturated rings. The number of fused-ring (bicyclic) bond motifs is 1. The van der Waals surface area contributed by atoms with E-state index in [0.717, 1.165) is 35.6 Å². The lowest BCUT2D eigenvalue weighted by molar-refractivity contribution is 0.343. The van der Waals surface area contributed by atoms with E-state index in [0.29, 0.717) is 0 Å². The van der Waals surface area contributed by atoms with E-state index in [1.165, 1.54) is 18.4 Å². The summed E-state index contributed by atoms with van der Waals surface area (Å²) >= 11 is 0. The van der Waals surface area contributed by atoms with Crippen LogP contribution in [-0.4, -0.2) is 4.98 Å².